The monoisotopic (exact) mass is 318 g/mol. The lowest BCUT2D eigenvalue weighted by molar-refractivity contribution is 0.0888. The van der Waals surface area contributed by atoms with Crippen LogP contribution >= 0.6 is 0 Å². The highest BCUT2D eigenvalue weighted by atomic mass is 16.2. The summed E-state index contributed by atoms with van der Waals surface area (Å²) >= 11 is 0. The molecule has 2 heterocycles. The van der Waals surface area contributed by atoms with Crippen LogP contribution in [0.15, 0.2) is 12.3 Å². The highest BCUT2D eigenvalue weighted by molar-refractivity contribution is 5.92. The zero-order valence-corrected chi connectivity index (χ0v) is 14.3. The van der Waals surface area contributed by atoms with Gasteiger partial charge in [-0.3, -0.25) is 9.48 Å². The van der Waals surface area contributed by atoms with Gasteiger partial charge in [-0.05, 0) is 50.6 Å². The molecule has 2 atom stereocenters. The molecule has 1 saturated carbocycles. The van der Waals surface area contributed by atoms with Crippen molar-refractivity contribution < 1.29 is 4.79 Å². The largest absolute Gasteiger partial charge is 0.348 e. The minimum absolute atomic E-state index is 0.000483. The number of hydrogen-bond acceptors (Lipinski definition) is 3. The van der Waals surface area contributed by atoms with Gasteiger partial charge in [0.05, 0.1) is 6.04 Å². The minimum atomic E-state index is 0.000483. The molecule has 0 bridgehead atoms. The van der Waals surface area contributed by atoms with Crippen LogP contribution in [-0.2, 0) is 0 Å². The SMILES string of the molecule is CCCCC(NC(=O)c1ccn(C2CCCNC2)n1)C1CCC1. The highest BCUT2D eigenvalue weighted by Gasteiger charge is 2.29. The number of carbonyl (C=O) groups excluding carboxylic acids is 1. The van der Waals surface area contributed by atoms with Crippen molar-refractivity contribution in [2.45, 2.75) is 70.4 Å². The summed E-state index contributed by atoms with van der Waals surface area (Å²) in [6, 6.07) is 2.58. The van der Waals surface area contributed by atoms with Crippen LogP contribution in [0.25, 0.3) is 0 Å². The van der Waals surface area contributed by atoms with Crippen molar-refractivity contribution in [1.82, 2.24) is 20.4 Å². The van der Waals surface area contributed by atoms with Gasteiger partial charge in [0.25, 0.3) is 5.91 Å². The number of nitrogens with zero attached hydrogens (tertiary/aromatic N) is 2. The van der Waals surface area contributed by atoms with Crippen molar-refractivity contribution in [2.24, 2.45) is 5.92 Å². The van der Waals surface area contributed by atoms with Gasteiger partial charge in [0, 0.05) is 18.8 Å². The van der Waals surface area contributed by atoms with Gasteiger partial charge in [0.2, 0.25) is 0 Å². The summed E-state index contributed by atoms with van der Waals surface area (Å²) in [5, 5.41) is 11.2. The zero-order chi connectivity index (χ0) is 16.1. The molecule has 1 aromatic rings. The lowest BCUT2D eigenvalue weighted by atomic mass is 9.78. The van der Waals surface area contributed by atoms with E-state index in [1.165, 1.54) is 38.5 Å². The van der Waals surface area contributed by atoms with E-state index in [9.17, 15) is 4.79 Å². The summed E-state index contributed by atoms with van der Waals surface area (Å²) in [7, 11) is 0. The Morgan fingerprint density at radius 1 is 1.43 bits per heavy atom. The maximum Gasteiger partial charge on any atom is 0.272 e. The molecule has 0 radical (unpaired) electrons. The second kappa shape index (κ2) is 7.95. The van der Waals surface area contributed by atoms with E-state index in [4.69, 9.17) is 0 Å². The number of rotatable bonds is 7. The first-order valence-corrected chi connectivity index (χ1v) is 9.34. The molecule has 1 amide bonds. The molecule has 2 N–H and O–H groups in total. The molecule has 1 aliphatic carbocycles. The molecule has 1 aromatic heterocycles. The van der Waals surface area contributed by atoms with E-state index in [0.29, 0.717) is 23.7 Å². The van der Waals surface area contributed by atoms with Crippen LogP contribution in [0.2, 0.25) is 0 Å². The summed E-state index contributed by atoms with van der Waals surface area (Å²) in [6.45, 7) is 4.25. The number of amides is 1. The maximum absolute atomic E-state index is 12.6. The predicted octanol–water partition coefficient (Wildman–Crippen LogP) is 2.90. The van der Waals surface area contributed by atoms with Gasteiger partial charge in [0.1, 0.15) is 5.69 Å². The first-order valence-electron chi connectivity index (χ1n) is 9.34. The van der Waals surface area contributed by atoms with Crippen LogP contribution in [0.1, 0.15) is 74.8 Å². The zero-order valence-electron chi connectivity index (χ0n) is 14.3. The number of piperidine rings is 1. The topological polar surface area (TPSA) is 59.0 Å². The second-order valence-electron chi connectivity index (χ2n) is 7.09. The summed E-state index contributed by atoms with van der Waals surface area (Å²) in [5.41, 5.74) is 0.566. The van der Waals surface area contributed by atoms with Crippen molar-refractivity contribution in [3.63, 3.8) is 0 Å². The van der Waals surface area contributed by atoms with E-state index in [2.05, 4.69) is 22.7 Å². The first-order chi connectivity index (χ1) is 11.3. The van der Waals surface area contributed by atoms with Gasteiger partial charge in [-0.15, -0.1) is 0 Å². The van der Waals surface area contributed by atoms with Crippen molar-refractivity contribution in [3.8, 4) is 0 Å². The van der Waals surface area contributed by atoms with Gasteiger partial charge >= 0.3 is 0 Å². The molecule has 3 rings (SSSR count). The molecule has 1 saturated heterocycles. The van der Waals surface area contributed by atoms with E-state index in [0.717, 1.165) is 25.9 Å². The van der Waals surface area contributed by atoms with Crippen LogP contribution < -0.4 is 10.6 Å². The Labute approximate surface area is 139 Å². The lowest BCUT2D eigenvalue weighted by Gasteiger charge is -2.34. The second-order valence-corrected chi connectivity index (χ2v) is 7.09. The number of nitrogens with one attached hydrogen (secondary N) is 2. The third kappa shape index (κ3) is 4.14. The van der Waals surface area contributed by atoms with Gasteiger partial charge in [-0.25, -0.2) is 0 Å². The molecule has 5 nitrogen and oxygen atoms in total. The van der Waals surface area contributed by atoms with Crippen molar-refractivity contribution >= 4 is 5.91 Å². The van der Waals surface area contributed by atoms with Crippen LogP contribution in [0.3, 0.4) is 0 Å². The molecule has 5 heteroatoms. The van der Waals surface area contributed by atoms with Crippen LogP contribution in [0.4, 0.5) is 0 Å². The van der Waals surface area contributed by atoms with Gasteiger partial charge in [-0.2, -0.15) is 5.10 Å². The molecular formula is C18H30N4O. The van der Waals surface area contributed by atoms with Crippen LogP contribution in [0.5, 0.6) is 0 Å². The summed E-state index contributed by atoms with van der Waals surface area (Å²) in [4.78, 5) is 12.6. The fourth-order valence-corrected chi connectivity index (χ4v) is 3.66. The molecule has 0 spiro atoms. The molecule has 0 aromatic carbocycles. The Morgan fingerprint density at radius 3 is 2.96 bits per heavy atom. The molecule has 128 valence electrons. The average Bonchev–Trinajstić information content (AvgIpc) is 3.02. The van der Waals surface area contributed by atoms with E-state index in [1.807, 2.05) is 16.9 Å². The highest BCUT2D eigenvalue weighted by Crippen LogP contribution is 2.31. The molecule has 2 fully saturated rings. The summed E-state index contributed by atoms with van der Waals surface area (Å²) < 4.78 is 1.96. The standard InChI is InChI=1S/C18H30N4O/c1-2-3-9-16(14-6-4-7-14)20-18(23)17-10-12-22(21-17)15-8-5-11-19-13-15/h10,12,14-16,19H,2-9,11,13H2,1H3,(H,20,23). The maximum atomic E-state index is 12.6. The normalized spacial score (nSPS) is 23.3. The Bertz CT molecular complexity index is 503. The fourth-order valence-electron chi connectivity index (χ4n) is 3.66. The number of carbonyl (C=O) groups is 1. The molecule has 23 heavy (non-hydrogen) atoms. The van der Waals surface area contributed by atoms with Crippen molar-refractivity contribution in [2.75, 3.05) is 13.1 Å². The number of aromatic nitrogens is 2. The lowest BCUT2D eigenvalue weighted by Crippen LogP contribution is -2.43. The minimum Gasteiger partial charge on any atom is -0.348 e. The Balaban J connectivity index is 1.59. The third-order valence-electron chi connectivity index (χ3n) is 5.39. The van der Waals surface area contributed by atoms with Gasteiger partial charge in [0.15, 0.2) is 0 Å². The molecule has 1 aliphatic heterocycles. The van der Waals surface area contributed by atoms with Gasteiger partial charge < -0.3 is 10.6 Å². The molecule has 2 unspecified atom stereocenters. The number of unbranched alkanes of at least 4 members (excludes halogenated alkanes) is 1. The quantitative estimate of drug-likeness (QED) is 0.813. The predicted molar refractivity (Wildman–Crippen MR) is 91.5 cm³/mol. The third-order valence-corrected chi connectivity index (χ3v) is 5.39. The van der Waals surface area contributed by atoms with E-state index in [1.54, 1.807) is 0 Å². The van der Waals surface area contributed by atoms with E-state index in [-0.39, 0.29) is 5.91 Å². The Morgan fingerprint density at radius 2 is 2.30 bits per heavy atom. The molecule has 2 aliphatic rings. The fraction of sp³-hybridized carbons (Fsp3) is 0.778. The Kier molecular flexibility index (Phi) is 5.70. The summed E-state index contributed by atoms with van der Waals surface area (Å²) in [5.74, 6) is 0.677. The average molecular weight is 318 g/mol. The van der Waals surface area contributed by atoms with Crippen LogP contribution in [0, 0.1) is 5.92 Å². The Hall–Kier alpha value is -1.36. The van der Waals surface area contributed by atoms with E-state index < -0.39 is 0 Å². The van der Waals surface area contributed by atoms with Gasteiger partial charge in [-0.1, -0.05) is 26.2 Å². The van der Waals surface area contributed by atoms with Crippen LogP contribution in [-0.4, -0.2) is 34.8 Å². The first kappa shape index (κ1) is 16.5. The number of hydrogen-bond donors (Lipinski definition) is 2. The van der Waals surface area contributed by atoms with E-state index >= 15 is 0 Å². The van der Waals surface area contributed by atoms with Crippen molar-refractivity contribution in [3.05, 3.63) is 18.0 Å². The summed E-state index contributed by atoms with van der Waals surface area (Å²) in [6.07, 6.45) is 11.6. The smallest absolute Gasteiger partial charge is 0.272 e. The van der Waals surface area contributed by atoms with Crippen molar-refractivity contribution in [1.29, 1.82) is 0 Å². The molecular weight excluding hydrogens is 288 g/mol.